The van der Waals surface area contributed by atoms with E-state index in [1.165, 1.54) is 6.07 Å². The van der Waals surface area contributed by atoms with Crippen LogP contribution in [-0.2, 0) is 16.8 Å². The third kappa shape index (κ3) is 6.01. The molecule has 2 aliphatic rings. The number of benzene rings is 2. The lowest BCUT2D eigenvalue weighted by Crippen LogP contribution is -2.49. The predicted octanol–water partition coefficient (Wildman–Crippen LogP) is 2.41. The Morgan fingerprint density at radius 2 is 1.88 bits per heavy atom. The predicted molar refractivity (Wildman–Crippen MR) is 136 cm³/mol. The molecule has 1 aliphatic carbocycles. The third-order valence-electron chi connectivity index (χ3n) is 6.10. The van der Waals surface area contributed by atoms with Crippen molar-refractivity contribution in [2.45, 2.75) is 24.8 Å². The molecule has 2 amide bonds. The van der Waals surface area contributed by atoms with Gasteiger partial charge in [0.1, 0.15) is 5.82 Å². The molecule has 2 fully saturated rings. The van der Waals surface area contributed by atoms with Crippen molar-refractivity contribution >= 4 is 41.8 Å². The molecule has 9 heteroatoms. The van der Waals surface area contributed by atoms with E-state index in [0.717, 1.165) is 24.0 Å². The number of rotatable bonds is 6. The minimum atomic E-state index is -0.170. The molecule has 0 bridgehead atoms. The molecule has 33 heavy (non-hydrogen) atoms. The van der Waals surface area contributed by atoms with E-state index in [4.69, 9.17) is 0 Å². The molecule has 0 atom stereocenters. The second kappa shape index (κ2) is 11.0. The minimum absolute atomic E-state index is 0. The summed E-state index contributed by atoms with van der Waals surface area (Å²) in [4.78, 5) is 29.9. The third-order valence-corrected chi connectivity index (χ3v) is 6.10. The summed E-state index contributed by atoms with van der Waals surface area (Å²) in [5, 5.41) is 9.30. The molecule has 1 aliphatic heterocycles. The van der Waals surface area contributed by atoms with Gasteiger partial charge in [0.2, 0.25) is 5.91 Å². The molecule has 0 radical (unpaired) electrons. The Morgan fingerprint density at radius 3 is 2.52 bits per heavy atom. The molecule has 0 spiro atoms. The summed E-state index contributed by atoms with van der Waals surface area (Å²) in [6.07, 6.45) is 1.90. The van der Waals surface area contributed by atoms with E-state index in [-0.39, 0.29) is 53.6 Å². The molecule has 4 rings (SSSR count). The molecule has 176 valence electrons. The van der Waals surface area contributed by atoms with Crippen LogP contribution in [0.3, 0.4) is 0 Å². The van der Waals surface area contributed by atoms with E-state index in [0.29, 0.717) is 37.7 Å². The Balaban J connectivity index is 0.00000306. The Morgan fingerprint density at radius 1 is 1.15 bits per heavy atom. The van der Waals surface area contributed by atoms with E-state index in [9.17, 15) is 14.0 Å². The fraction of sp³-hybridized carbons (Fsp3) is 0.375. The van der Waals surface area contributed by atoms with Crippen LogP contribution in [-0.4, -0.2) is 55.9 Å². The van der Waals surface area contributed by atoms with Crippen LogP contribution in [0.1, 0.15) is 34.3 Å². The summed E-state index contributed by atoms with van der Waals surface area (Å²) >= 11 is 0. The van der Waals surface area contributed by atoms with Crippen LogP contribution in [0.15, 0.2) is 53.5 Å². The van der Waals surface area contributed by atoms with Gasteiger partial charge in [-0.2, -0.15) is 0 Å². The SMILES string of the molecule is CN=C(NCc1ccc(C(=O)N2CCNC(=O)C2)cc1)NCC1(c2ccccc2F)CC1.I. The number of nitrogens with zero attached hydrogens (tertiary/aromatic N) is 2. The number of aliphatic imine (C=N–C) groups is 1. The van der Waals surface area contributed by atoms with Crippen molar-refractivity contribution in [1.82, 2.24) is 20.9 Å². The number of halogens is 2. The van der Waals surface area contributed by atoms with Crippen molar-refractivity contribution in [3.8, 4) is 0 Å². The Labute approximate surface area is 210 Å². The van der Waals surface area contributed by atoms with Gasteiger partial charge in [-0.1, -0.05) is 30.3 Å². The summed E-state index contributed by atoms with van der Waals surface area (Å²) in [6.45, 7) is 2.25. The molecule has 0 unspecified atom stereocenters. The zero-order chi connectivity index (χ0) is 22.6. The number of carbonyl (C=O) groups excluding carboxylic acids is 2. The topological polar surface area (TPSA) is 85.8 Å². The average Bonchev–Trinajstić information content (AvgIpc) is 3.60. The van der Waals surface area contributed by atoms with Gasteiger partial charge in [-0.15, -0.1) is 24.0 Å². The van der Waals surface area contributed by atoms with Crippen molar-refractivity contribution in [3.05, 3.63) is 71.0 Å². The van der Waals surface area contributed by atoms with E-state index >= 15 is 0 Å². The van der Waals surface area contributed by atoms with E-state index in [1.54, 1.807) is 30.1 Å². The minimum Gasteiger partial charge on any atom is -0.356 e. The zero-order valence-corrected chi connectivity index (χ0v) is 20.9. The molecule has 0 aromatic heterocycles. The second-order valence-electron chi connectivity index (χ2n) is 8.31. The number of piperazine rings is 1. The van der Waals surface area contributed by atoms with Gasteiger partial charge >= 0.3 is 0 Å². The van der Waals surface area contributed by atoms with Gasteiger partial charge in [0.25, 0.3) is 5.91 Å². The molecule has 2 aromatic carbocycles. The number of hydrogen-bond acceptors (Lipinski definition) is 3. The highest BCUT2D eigenvalue weighted by atomic mass is 127. The first-order valence-electron chi connectivity index (χ1n) is 10.9. The van der Waals surface area contributed by atoms with Crippen molar-refractivity contribution in [1.29, 1.82) is 0 Å². The largest absolute Gasteiger partial charge is 0.356 e. The molecular formula is C24H29FIN5O2. The lowest BCUT2D eigenvalue weighted by molar-refractivity contribution is -0.123. The molecular weight excluding hydrogens is 536 g/mol. The fourth-order valence-corrected chi connectivity index (χ4v) is 4.00. The van der Waals surface area contributed by atoms with Crippen LogP contribution < -0.4 is 16.0 Å². The smallest absolute Gasteiger partial charge is 0.254 e. The quantitative estimate of drug-likeness (QED) is 0.286. The lowest BCUT2D eigenvalue weighted by atomic mass is 9.95. The Hall–Kier alpha value is -2.69. The van der Waals surface area contributed by atoms with Crippen molar-refractivity contribution in [3.63, 3.8) is 0 Å². The van der Waals surface area contributed by atoms with Gasteiger partial charge in [0, 0.05) is 44.2 Å². The van der Waals surface area contributed by atoms with E-state index < -0.39 is 0 Å². The van der Waals surface area contributed by atoms with Gasteiger partial charge in [-0.25, -0.2) is 4.39 Å². The van der Waals surface area contributed by atoms with Gasteiger partial charge in [0.05, 0.1) is 6.54 Å². The van der Waals surface area contributed by atoms with Gasteiger partial charge in [0.15, 0.2) is 5.96 Å². The average molecular weight is 565 g/mol. The maximum atomic E-state index is 14.2. The maximum absolute atomic E-state index is 14.2. The van der Waals surface area contributed by atoms with Crippen LogP contribution in [0.25, 0.3) is 0 Å². The maximum Gasteiger partial charge on any atom is 0.254 e. The Bertz CT molecular complexity index is 1020. The molecule has 3 N–H and O–H groups in total. The molecule has 1 heterocycles. The monoisotopic (exact) mass is 565 g/mol. The van der Waals surface area contributed by atoms with Crippen molar-refractivity contribution < 1.29 is 14.0 Å². The fourth-order valence-electron chi connectivity index (χ4n) is 4.00. The van der Waals surface area contributed by atoms with Gasteiger partial charge in [-0.3, -0.25) is 14.6 Å². The summed E-state index contributed by atoms with van der Waals surface area (Å²) in [5.74, 6) is 0.216. The highest BCUT2D eigenvalue weighted by Gasteiger charge is 2.45. The first-order chi connectivity index (χ1) is 15.5. The summed E-state index contributed by atoms with van der Waals surface area (Å²) < 4.78 is 14.2. The van der Waals surface area contributed by atoms with Crippen LogP contribution in [0.5, 0.6) is 0 Å². The summed E-state index contributed by atoms with van der Waals surface area (Å²) in [5.41, 5.74) is 2.15. The van der Waals surface area contributed by atoms with Crippen molar-refractivity contribution in [2.24, 2.45) is 4.99 Å². The standard InChI is InChI=1S/C24H28FN5O2.HI/c1-26-23(29-16-24(10-11-24)19-4-2-3-5-20(19)25)28-14-17-6-8-18(9-7-17)22(32)30-13-12-27-21(31)15-30;/h2-9H,10-16H2,1H3,(H,27,31)(H2,26,28,29);1H. The normalized spacial score (nSPS) is 17.0. The number of carbonyl (C=O) groups is 2. The lowest BCUT2D eigenvalue weighted by Gasteiger charge is -2.26. The Kier molecular flexibility index (Phi) is 8.28. The van der Waals surface area contributed by atoms with Gasteiger partial charge < -0.3 is 20.9 Å². The second-order valence-corrected chi connectivity index (χ2v) is 8.31. The molecule has 1 saturated heterocycles. The van der Waals surface area contributed by atoms with Crippen molar-refractivity contribution in [2.75, 3.05) is 33.2 Å². The highest BCUT2D eigenvalue weighted by molar-refractivity contribution is 14.0. The van der Waals surface area contributed by atoms with Crippen LogP contribution in [0.4, 0.5) is 4.39 Å². The highest BCUT2D eigenvalue weighted by Crippen LogP contribution is 2.48. The van der Waals surface area contributed by atoms with Crippen LogP contribution in [0.2, 0.25) is 0 Å². The molecule has 1 saturated carbocycles. The number of amides is 2. The number of guanidine groups is 1. The van der Waals surface area contributed by atoms with Gasteiger partial charge in [-0.05, 0) is 42.2 Å². The first-order valence-corrected chi connectivity index (χ1v) is 10.9. The number of hydrogen-bond donors (Lipinski definition) is 3. The van der Waals surface area contributed by atoms with Crippen LogP contribution >= 0.6 is 24.0 Å². The summed E-state index contributed by atoms with van der Waals surface area (Å²) in [7, 11) is 1.70. The van der Waals surface area contributed by atoms with E-state index in [2.05, 4.69) is 20.9 Å². The molecule has 7 nitrogen and oxygen atoms in total. The van der Waals surface area contributed by atoms with E-state index in [1.807, 2.05) is 24.3 Å². The zero-order valence-electron chi connectivity index (χ0n) is 18.6. The first kappa shape index (κ1) is 24.9. The number of nitrogens with one attached hydrogen (secondary N) is 3. The summed E-state index contributed by atoms with van der Waals surface area (Å²) in [6, 6.07) is 14.3. The molecule has 2 aromatic rings. The van der Waals surface area contributed by atoms with Crippen LogP contribution in [0, 0.1) is 5.82 Å².